The van der Waals surface area contributed by atoms with Crippen LogP contribution < -0.4 is 10.2 Å². The van der Waals surface area contributed by atoms with Gasteiger partial charge in [-0.3, -0.25) is 4.79 Å². The molecule has 0 saturated carbocycles. The number of benzene rings is 2. The number of carbonyl (C=O) groups excluding carboxylic acids is 1. The van der Waals surface area contributed by atoms with Crippen molar-refractivity contribution in [3.63, 3.8) is 0 Å². The minimum absolute atomic E-state index is 0.00239. The second-order valence-corrected chi connectivity index (χ2v) is 8.59. The Morgan fingerprint density at radius 3 is 2.50 bits per heavy atom. The molecule has 1 aliphatic rings. The van der Waals surface area contributed by atoms with E-state index < -0.39 is 0 Å². The molecule has 1 heterocycles. The largest absolute Gasteiger partial charge is 0.371 e. The highest BCUT2D eigenvalue weighted by atomic mass is 35.5. The molecule has 0 spiro atoms. The lowest BCUT2D eigenvalue weighted by molar-refractivity contribution is -0.121. The predicted octanol–water partition coefficient (Wildman–Crippen LogP) is 6.04. The Balaban J connectivity index is 1.54. The zero-order valence-electron chi connectivity index (χ0n) is 16.6. The molecule has 1 amide bonds. The summed E-state index contributed by atoms with van der Waals surface area (Å²) in [6, 6.07) is 13.9. The van der Waals surface area contributed by atoms with Gasteiger partial charge in [0.1, 0.15) is 0 Å². The Kier molecular flexibility index (Phi) is 7.25. The summed E-state index contributed by atoms with van der Waals surface area (Å²) in [7, 11) is 0. The van der Waals surface area contributed by atoms with E-state index in [1.54, 1.807) is 12.1 Å². The van der Waals surface area contributed by atoms with Crippen molar-refractivity contribution in [3.8, 4) is 0 Å². The number of hydrogen-bond acceptors (Lipinski definition) is 2. The SMILES string of the molecule is C[C@@H]1CCCN(c2ccc([C@H](C)NC(=O)CCc3c(Cl)cccc3Cl)cc2)C1. The molecule has 1 aliphatic heterocycles. The molecule has 0 aromatic heterocycles. The average molecular weight is 419 g/mol. The third-order valence-corrected chi connectivity index (χ3v) is 6.16. The van der Waals surface area contributed by atoms with Gasteiger partial charge in [-0.2, -0.15) is 0 Å². The summed E-state index contributed by atoms with van der Waals surface area (Å²) < 4.78 is 0. The van der Waals surface area contributed by atoms with Gasteiger partial charge in [-0.1, -0.05) is 48.3 Å². The van der Waals surface area contributed by atoms with Crippen LogP contribution in [0.4, 0.5) is 5.69 Å². The van der Waals surface area contributed by atoms with Crippen LogP contribution in [-0.4, -0.2) is 19.0 Å². The lowest BCUT2D eigenvalue weighted by Crippen LogP contribution is -2.34. The van der Waals surface area contributed by atoms with Crippen LogP contribution in [0.15, 0.2) is 42.5 Å². The molecule has 3 rings (SSSR count). The first-order valence-corrected chi connectivity index (χ1v) is 10.8. The number of hydrogen-bond donors (Lipinski definition) is 1. The second-order valence-electron chi connectivity index (χ2n) is 7.77. The lowest BCUT2D eigenvalue weighted by Gasteiger charge is -2.33. The Hall–Kier alpha value is -1.71. The molecule has 1 N–H and O–H groups in total. The highest BCUT2D eigenvalue weighted by molar-refractivity contribution is 6.36. The van der Waals surface area contributed by atoms with E-state index in [0.717, 1.165) is 30.1 Å². The third-order valence-electron chi connectivity index (χ3n) is 5.46. The van der Waals surface area contributed by atoms with Crippen LogP contribution in [0, 0.1) is 5.92 Å². The van der Waals surface area contributed by atoms with E-state index in [0.29, 0.717) is 22.9 Å². The maximum atomic E-state index is 12.4. The number of nitrogens with zero attached hydrogens (tertiary/aromatic N) is 1. The van der Waals surface area contributed by atoms with Crippen LogP contribution in [0.5, 0.6) is 0 Å². The Labute approximate surface area is 178 Å². The summed E-state index contributed by atoms with van der Waals surface area (Å²) in [4.78, 5) is 14.8. The number of nitrogens with one attached hydrogen (secondary N) is 1. The van der Waals surface area contributed by atoms with Crippen molar-refractivity contribution in [1.82, 2.24) is 5.32 Å². The maximum Gasteiger partial charge on any atom is 0.220 e. The summed E-state index contributed by atoms with van der Waals surface area (Å²) in [5.74, 6) is 0.746. The predicted molar refractivity (Wildman–Crippen MR) is 118 cm³/mol. The Morgan fingerprint density at radius 2 is 1.86 bits per heavy atom. The van der Waals surface area contributed by atoms with E-state index in [1.165, 1.54) is 18.5 Å². The van der Waals surface area contributed by atoms with Gasteiger partial charge in [0.15, 0.2) is 0 Å². The fourth-order valence-electron chi connectivity index (χ4n) is 3.80. The highest BCUT2D eigenvalue weighted by Gasteiger charge is 2.17. The molecule has 5 heteroatoms. The fraction of sp³-hybridized carbons (Fsp3) is 0.435. The van der Waals surface area contributed by atoms with Crippen LogP contribution >= 0.6 is 23.2 Å². The Bertz CT molecular complexity index is 786. The van der Waals surface area contributed by atoms with Crippen LogP contribution in [0.25, 0.3) is 0 Å². The van der Waals surface area contributed by atoms with E-state index in [-0.39, 0.29) is 11.9 Å². The maximum absolute atomic E-state index is 12.4. The lowest BCUT2D eigenvalue weighted by atomic mass is 9.99. The van der Waals surface area contributed by atoms with Crippen molar-refractivity contribution in [2.75, 3.05) is 18.0 Å². The van der Waals surface area contributed by atoms with Gasteiger partial charge in [-0.25, -0.2) is 0 Å². The van der Waals surface area contributed by atoms with Gasteiger partial charge < -0.3 is 10.2 Å². The smallest absolute Gasteiger partial charge is 0.220 e. The first-order chi connectivity index (χ1) is 13.4. The highest BCUT2D eigenvalue weighted by Crippen LogP contribution is 2.26. The summed E-state index contributed by atoms with van der Waals surface area (Å²) in [5.41, 5.74) is 3.20. The molecule has 0 radical (unpaired) electrons. The standard InChI is InChI=1S/C23H28Cl2N2O/c1-16-5-4-14-27(15-16)19-10-8-18(9-11-19)17(2)26-23(28)13-12-20-21(24)6-3-7-22(20)25/h3,6-11,16-17H,4-5,12-15H2,1-2H3,(H,26,28)/t16-,17+/m1/s1. The summed E-state index contributed by atoms with van der Waals surface area (Å²) >= 11 is 12.4. The first kappa shape index (κ1) is 21.0. The van der Waals surface area contributed by atoms with E-state index in [9.17, 15) is 4.79 Å². The number of halogens is 2. The molecule has 2 atom stereocenters. The number of piperidine rings is 1. The van der Waals surface area contributed by atoms with Gasteiger partial charge in [0, 0.05) is 35.2 Å². The molecule has 0 bridgehead atoms. The van der Waals surface area contributed by atoms with Crippen molar-refractivity contribution >= 4 is 34.8 Å². The molecular formula is C23H28Cl2N2O. The summed E-state index contributed by atoms with van der Waals surface area (Å²) in [5, 5.41) is 4.29. The zero-order chi connectivity index (χ0) is 20.1. The van der Waals surface area contributed by atoms with Gasteiger partial charge in [-0.05, 0) is 67.5 Å². The molecule has 1 fully saturated rings. The first-order valence-electron chi connectivity index (χ1n) is 10.0. The average Bonchev–Trinajstić information content (AvgIpc) is 2.67. The molecule has 0 aliphatic carbocycles. The molecule has 28 heavy (non-hydrogen) atoms. The molecular weight excluding hydrogens is 391 g/mol. The van der Waals surface area contributed by atoms with Gasteiger partial charge >= 0.3 is 0 Å². The molecule has 2 aromatic carbocycles. The molecule has 2 aromatic rings. The molecule has 1 saturated heterocycles. The summed E-state index contributed by atoms with van der Waals surface area (Å²) in [6.45, 7) is 6.57. The van der Waals surface area contributed by atoms with Crippen LogP contribution in [0.2, 0.25) is 10.0 Å². The van der Waals surface area contributed by atoms with E-state index in [2.05, 4.69) is 41.4 Å². The third kappa shape index (κ3) is 5.42. The molecule has 0 unspecified atom stereocenters. The Morgan fingerprint density at radius 1 is 1.18 bits per heavy atom. The van der Waals surface area contributed by atoms with Crippen LogP contribution in [0.1, 0.15) is 50.3 Å². The van der Waals surface area contributed by atoms with Crippen molar-refractivity contribution in [2.45, 2.75) is 45.6 Å². The monoisotopic (exact) mass is 418 g/mol. The van der Waals surface area contributed by atoms with Gasteiger partial charge in [0.2, 0.25) is 5.91 Å². The second kappa shape index (κ2) is 9.67. The topological polar surface area (TPSA) is 32.3 Å². The van der Waals surface area contributed by atoms with Crippen LogP contribution in [-0.2, 0) is 11.2 Å². The van der Waals surface area contributed by atoms with E-state index >= 15 is 0 Å². The molecule has 3 nitrogen and oxygen atoms in total. The number of rotatable bonds is 6. The van der Waals surface area contributed by atoms with Crippen molar-refractivity contribution in [3.05, 3.63) is 63.6 Å². The minimum atomic E-state index is -0.0384. The summed E-state index contributed by atoms with van der Waals surface area (Å²) in [6.07, 6.45) is 3.46. The van der Waals surface area contributed by atoms with Crippen LogP contribution in [0.3, 0.4) is 0 Å². The zero-order valence-corrected chi connectivity index (χ0v) is 18.1. The quantitative estimate of drug-likeness (QED) is 0.619. The number of anilines is 1. The van der Waals surface area contributed by atoms with Crippen molar-refractivity contribution < 1.29 is 4.79 Å². The normalized spacial score (nSPS) is 18.0. The van der Waals surface area contributed by atoms with Crippen molar-refractivity contribution in [1.29, 1.82) is 0 Å². The fourth-order valence-corrected chi connectivity index (χ4v) is 4.39. The number of carbonyl (C=O) groups is 1. The van der Waals surface area contributed by atoms with Gasteiger partial charge in [0.25, 0.3) is 0 Å². The van der Waals surface area contributed by atoms with E-state index in [1.807, 2.05) is 13.0 Å². The van der Waals surface area contributed by atoms with Gasteiger partial charge in [-0.15, -0.1) is 0 Å². The molecule has 150 valence electrons. The van der Waals surface area contributed by atoms with E-state index in [4.69, 9.17) is 23.2 Å². The number of amides is 1. The van der Waals surface area contributed by atoms with Crippen molar-refractivity contribution in [2.24, 2.45) is 5.92 Å². The van der Waals surface area contributed by atoms with Gasteiger partial charge in [0.05, 0.1) is 6.04 Å². The minimum Gasteiger partial charge on any atom is -0.371 e.